The number of ether oxygens (including phenoxy) is 1. The molecule has 0 saturated carbocycles. The Morgan fingerprint density at radius 3 is 2.62 bits per heavy atom. The van der Waals surface area contributed by atoms with Crippen molar-refractivity contribution in [3.8, 4) is 11.8 Å². The molecule has 0 heterocycles. The summed E-state index contributed by atoms with van der Waals surface area (Å²) in [6, 6.07) is 9.76. The molecular formula is C16H14F2N2O. The molecule has 1 unspecified atom stereocenters. The number of hydrogen-bond donors (Lipinski definition) is 1. The van der Waals surface area contributed by atoms with Crippen molar-refractivity contribution in [1.29, 1.82) is 5.26 Å². The van der Waals surface area contributed by atoms with Crippen LogP contribution in [0.2, 0.25) is 0 Å². The summed E-state index contributed by atoms with van der Waals surface area (Å²) < 4.78 is 32.2. The number of rotatable bonds is 4. The van der Waals surface area contributed by atoms with Crippen LogP contribution in [0.3, 0.4) is 0 Å². The second kappa shape index (κ2) is 6.23. The van der Waals surface area contributed by atoms with Crippen LogP contribution >= 0.6 is 0 Å². The zero-order valence-corrected chi connectivity index (χ0v) is 11.7. The number of hydrogen-bond acceptors (Lipinski definition) is 3. The van der Waals surface area contributed by atoms with E-state index < -0.39 is 17.7 Å². The largest absolute Gasteiger partial charge is 0.495 e. The highest BCUT2D eigenvalue weighted by atomic mass is 19.1. The van der Waals surface area contributed by atoms with E-state index in [-0.39, 0.29) is 5.56 Å². The molecule has 1 atom stereocenters. The number of anilines is 1. The number of nitrogens with zero attached hydrogens (tertiary/aromatic N) is 1. The van der Waals surface area contributed by atoms with E-state index in [2.05, 4.69) is 5.32 Å². The number of benzene rings is 2. The molecule has 0 aliphatic heterocycles. The summed E-state index contributed by atoms with van der Waals surface area (Å²) >= 11 is 0. The lowest BCUT2D eigenvalue weighted by Gasteiger charge is -2.18. The first kappa shape index (κ1) is 14.8. The van der Waals surface area contributed by atoms with Gasteiger partial charge in [0.05, 0.1) is 30.5 Å². The third-order valence-electron chi connectivity index (χ3n) is 3.13. The Bertz CT molecular complexity index is 695. The number of nitrogens with one attached hydrogen (secondary N) is 1. The molecule has 0 fully saturated rings. The molecule has 21 heavy (non-hydrogen) atoms. The fourth-order valence-electron chi connectivity index (χ4n) is 2.04. The summed E-state index contributed by atoms with van der Waals surface area (Å²) in [5, 5.41) is 11.9. The van der Waals surface area contributed by atoms with Gasteiger partial charge in [0.15, 0.2) is 0 Å². The van der Waals surface area contributed by atoms with E-state index in [1.165, 1.54) is 7.11 Å². The average molecular weight is 288 g/mol. The fourth-order valence-corrected chi connectivity index (χ4v) is 2.04. The van der Waals surface area contributed by atoms with Gasteiger partial charge in [0.2, 0.25) is 0 Å². The molecule has 108 valence electrons. The lowest BCUT2D eigenvalue weighted by atomic mass is 10.1. The Kier molecular flexibility index (Phi) is 4.39. The minimum atomic E-state index is -0.494. The van der Waals surface area contributed by atoms with Gasteiger partial charge in [-0.3, -0.25) is 0 Å². The molecule has 0 amide bonds. The predicted molar refractivity (Wildman–Crippen MR) is 76.1 cm³/mol. The van der Waals surface area contributed by atoms with Crippen LogP contribution in [-0.2, 0) is 0 Å². The fraction of sp³-hybridized carbons (Fsp3) is 0.188. The molecule has 0 radical (unpaired) electrons. The minimum absolute atomic E-state index is 0.224. The van der Waals surface area contributed by atoms with Gasteiger partial charge in [-0.25, -0.2) is 8.78 Å². The quantitative estimate of drug-likeness (QED) is 0.924. The molecular weight excluding hydrogens is 274 g/mol. The average Bonchev–Trinajstić information content (AvgIpc) is 2.49. The maximum atomic E-state index is 13.7. The highest BCUT2D eigenvalue weighted by Crippen LogP contribution is 2.30. The first-order valence-electron chi connectivity index (χ1n) is 6.34. The maximum absolute atomic E-state index is 13.7. The molecule has 2 aromatic carbocycles. The maximum Gasteiger partial charge on any atom is 0.143 e. The van der Waals surface area contributed by atoms with Gasteiger partial charge in [-0.05, 0) is 37.3 Å². The van der Waals surface area contributed by atoms with Crippen LogP contribution in [0.5, 0.6) is 5.75 Å². The zero-order chi connectivity index (χ0) is 15.4. The lowest BCUT2D eigenvalue weighted by Crippen LogP contribution is -2.10. The second-order valence-corrected chi connectivity index (χ2v) is 4.56. The number of nitriles is 1. The molecule has 2 aromatic rings. The Morgan fingerprint density at radius 2 is 1.95 bits per heavy atom. The van der Waals surface area contributed by atoms with Crippen molar-refractivity contribution in [2.24, 2.45) is 0 Å². The number of methoxy groups -OCH3 is 1. The summed E-state index contributed by atoms with van der Waals surface area (Å²) in [5.74, 6) is -0.506. The molecule has 1 N–H and O–H groups in total. The van der Waals surface area contributed by atoms with Crippen LogP contribution in [0, 0.1) is 23.0 Å². The molecule has 2 rings (SSSR count). The van der Waals surface area contributed by atoms with Crippen molar-refractivity contribution in [3.63, 3.8) is 0 Å². The Labute approximate surface area is 121 Å². The van der Waals surface area contributed by atoms with Gasteiger partial charge in [-0.2, -0.15) is 5.26 Å². The lowest BCUT2D eigenvalue weighted by molar-refractivity contribution is 0.416. The predicted octanol–water partition coefficient (Wildman–Crippen LogP) is 4.02. The van der Waals surface area contributed by atoms with Gasteiger partial charge in [-0.15, -0.1) is 0 Å². The Hall–Kier alpha value is -2.61. The minimum Gasteiger partial charge on any atom is -0.495 e. The molecule has 0 saturated heterocycles. The second-order valence-electron chi connectivity index (χ2n) is 4.56. The van der Waals surface area contributed by atoms with Crippen LogP contribution < -0.4 is 10.1 Å². The molecule has 0 bridgehead atoms. The standard InChI is InChI=1S/C16H14F2N2O/c1-10(13-8-12(17)4-5-14(13)18)20-15-6-3-11(9-19)7-16(15)21-2/h3-8,10,20H,1-2H3. The van der Waals surface area contributed by atoms with Crippen LogP contribution in [0.25, 0.3) is 0 Å². The molecule has 0 aliphatic carbocycles. The van der Waals surface area contributed by atoms with Crippen molar-refractivity contribution in [1.82, 2.24) is 0 Å². The summed E-state index contributed by atoms with van der Waals surface area (Å²) in [4.78, 5) is 0. The van der Waals surface area contributed by atoms with Gasteiger partial charge in [0.1, 0.15) is 17.4 Å². The van der Waals surface area contributed by atoms with Crippen molar-refractivity contribution in [2.45, 2.75) is 13.0 Å². The van der Waals surface area contributed by atoms with E-state index in [1.807, 2.05) is 6.07 Å². The Balaban J connectivity index is 2.29. The summed E-state index contributed by atoms with van der Waals surface area (Å²) in [5.41, 5.74) is 1.29. The molecule has 3 nitrogen and oxygen atoms in total. The Morgan fingerprint density at radius 1 is 1.19 bits per heavy atom. The van der Waals surface area contributed by atoms with Crippen LogP contribution in [-0.4, -0.2) is 7.11 Å². The van der Waals surface area contributed by atoms with Crippen molar-refractivity contribution in [2.75, 3.05) is 12.4 Å². The van der Waals surface area contributed by atoms with E-state index in [1.54, 1.807) is 25.1 Å². The molecule has 0 aromatic heterocycles. The summed E-state index contributed by atoms with van der Waals surface area (Å²) in [7, 11) is 1.48. The van der Waals surface area contributed by atoms with E-state index in [4.69, 9.17) is 10.00 Å². The third-order valence-corrected chi connectivity index (χ3v) is 3.13. The highest BCUT2D eigenvalue weighted by Gasteiger charge is 2.14. The van der Waals surface area contributed by atoms with E-state index in [0.717, 1.165) is 18.2 Å². The summed E-state index contributed by atoms with van der Waals surface area (Å²) in [6.45, 7) is 1.72. The van der Waals surface area contributed by atoms with Gasteiger partial charge in [0.25, 0.3) is 0 Å². The normalized spacial score (nSPS) is 11.6. The van der Waals surface area contributed by atoms with Gasteiger partial charge in [-0.1, -0.05) is 0 Å². The highest BCUT2D eigenvalue weighted by molar-refractivity contribution is 5.60. The van der Waals surface area contributed by atoms with Gasteiger partial charge in [0, 0.05) is 11.6 Å². The first-order chi connectivity index (χ1) is 10.0. The molecule has 0 aliphatic rings. The van der Waals surface area contributed by atoms with Crippen molar-refractivity contribution < 1.29 is 13.5 Å². The summed E-state index contributed by atoms with van der Waals surface area (Å²) in [6.07, 6.45) is 0. The monoisotopic (exact) mass is 288 g/mol. The molecule has 0 spiro atoms. The topological polar surface area (TPSA) is 45.0 Å². The van der Waals surface area contributed by atoms with Gasteiger partial charge < -0.3 is 10.1 Å². The number of halogens is 2. The molecule has 5 heteroatoms. The van der Waals surface area contributed by atoms with Crippen LogP contribution in [0.15, 0.2) is 36.4 Å². The van der Waals surface area contributed by atoms with Gasteiger partial charge >= 0.3 is 0 Å². The zero-order valence-electron chi connectivity index (χ0n) is 11.7. The van der Waals surface area contributed by atoms with Crippen LogP contribution in [0.1, 0.15) is 24.1 Å². The first-order valence-corrected chi connectivity index (χ1v) is 6.34. The van der Waals surface area contributed by atoms with Crippen molar-refractivity contribution in [3.05, 3.63) is 59.2 Å². The van der Waals surface area contributed by atoms with E-state index >= 15 is 0 Å². The van der Waals surface area contributed by atoms with E-state index in [0.29, 0.717) is 17.0 Å². The third kappa shape index (κ3) is 3.29. The van der Waals surface area contributed by atoms with Crippen LogP contribution in [0.4, 0.5) is 14.5 Å². The smallest absolute Gasteiger partial charge is 0.143 e. The SMILES string of the molecule is COc1cc(C#N)ccc1NC(C)c1cc(F)ccc1F. The van der Waals surface area contributed by atoms with E-state index in [9.17, 15) is 8.78 Å². The van der Waals surface area contributed by atoms with Crippen molar-refractivity contribution >= 4 is 5.69 Å².